The normalized spacial score (nSPS) is 17.1. The molecule has 0 radical (unpaired) electrons. The second-order valence-electron chi connectivity index (χ2n) is 7.67. The maximum atomic E-state index is 12.8. The van der Waals surface area contributed by atoms with Crippen molar-refractivity contribution < 1.29 is 9.59 Å². The molecule has 5 nitrogen and oxygen atoms in total. The van der Waals surface area contributed by atoms with E-state index in [0.717, 1.165) is 51.3 Å². The summed E-state index contributed by atoms with van der Waals surface area (Å²) in [6.45, 7) is 4.61. The fourth-order valence-corrected chi connectivity index (χ4v) is 4.38. The average Bonchev–Trinajstić information content (AvgIpc) is 3.03. The molecule has 4 rings (SSSR count). The van der Waals surface area contributed by atoms with Gasteiger partial charge in [-0.15, -0.1) is 0 Å². The number of hydrogen-bond acceptors (Lipinski definition) is 3. The van der Waals surface area contributed by atoms with E-state index in [-0.39, 0.29) is 11.8 Å². The van der Waals surface area contributed by atoms with Crippen LogP contribution in [0.4, 0.5) is 5.69 Å². The van der Waals surface area contributed by atoms with Crippen LogP contribution in [0, 0.1) is 0 Å². The molecule has 1 saturated heterocycles. The molecule has 0 aliphatic carbocycles. The summed E-state index contributed by atoms with van der Waals surface area (Å²) < 4.78 is 0. The largest absolute Gasteiger partial charge is 0.337 e. The van der Waals surface area contributed by atoms with Crippen molar-refractivity contribution in [2.45, 2.75) is 19.3 Å². The molecule has 2 amide bonds. The summed E-state index contributed by atoms with van der Waals surface area (Å²) in [7, 11) is 0. The van der Waals surface area contributed by atoms with Gasteiger partial charge in [0.2, 0.25) is 5.91 Å². The number of para-hydroxylation sites is 1. The summed E-state index contributed by atoms with van der Waals surface area (Å²) in [6.07, 6.45) is 2.36. The van der Waals surface area contributed by atoms with Crippen LogP contribution in [0.3, 0.4) is 0 Å². The minimum absolute atomic E-state index is 0.0269. The molecule has 0 N–H and O–H groups in total. The van der Waals surface area contributed by atoms with Crippen LogP contribution in [0.15, 0.2) is 48.5 Å². The van der Waals surface area contributed by atoms with Gasteiger partial charge in [-0.3, -0.25) is 9.59 Å². The fourth-order valence-electron chi connectivity index (χ4n) is 4.19. The summed E-state index contributed by atoms with van der Waals surface area (Å²) in [5, 5.41) is 0.578. The summed E-state index contributed by atoms with van der Waals surface area (Å²) in [5.41, 5.74) is 2.95. The molecule has 2 aromatic carbocycles. The van der Waals surface area contributed by atoms with Gasteiger partial charge in [-0.05, 0) is 49.2 Å². The molecule has 6 heteroatoms. The Balaban J connectivity index is 1.29. The maximum absolute atomic E-state index is 12.8. The maximum Gasteiger partial charge on any atom is 0.253 e. The van der Waals surface area contributed by atoms with Crippen LogP contribution in [-0.2, 0) is 11.2 Å². The lowest BCUT2D eigenvalue weighted by molar-refractivity contribution is -0.118. The molecule has 2 heterocycles. The zero-order valence-corrected chi connectivity index (χ0v) is 17.3. The number of fused-ring (bicyclic) bond motifs is 1. The van der Waals surface area contributed by atoms with Gasteiger partial charge in [0, 0.05) is 55.4 Å². The second-order valence-corrected chi connectivity index (χ2v) is 8.11. The summed E-state index contributed by atoms with van der Waals surface area (Å²) in [4.78, 5) is 31.6. The Kier molecular flexibility index (Phi) is 6.16. The van der Waals surface area contributed by atoms with Crippen LogP contribution in [0.25, 0.3) is 0 Å². The number of halogens is 1. The van der Waals surface area contributed by atoms with E-state index in [4.69, 9.17) is 11.6 Å². The van der Waals surface area contributed by atoms with Crippen LogP contribution < -0.4 is 4.90 Å². The topological polar surface area (TPSA) is 43.9 Å². The van der Waals surface area contributed by atoms with Crippen molar-refractivity contribution in [3.05, 3.63) is 64.7 Å². The number of amides is 2. The predicted molar refractivity (Wildman–Crippen MR) is 116 cm³/mol. The Morgan fingerprint density at radius 3 is 2.66 bits per heavy atom. The number of anilines is 1. The molecule has 0 bridgehead atoms. The molecule has 0 aromatic heterocycles. The van der Waals surface area contributed by atoms with Gasteiger partial charge in [0.1, 0.15) is 0 Å². The first-order chi connectivity index (χ1) is 14.1. The molecule has 2 aliphatic rings. The average molecular weight is 412 g/mol. The highest BCUT2D eigenvalue weighted by molar-refractivity contribution is 6.30. The summed E-state index contributed by atoms with van der Waals surface area (Å²) in [6, 6.07) is 15.3. The van der Waals surface area contributed by atoms with Crippen molar-refractivity contribution in [3.8, 4) is 0 Å². The van der Waals surface area contributed by atoms with Gasteiger partial charge < -0.3 is 14.7 Å². The molecule has 2 aromatic rings. The number of rotatable bonds is 4. The molecule has 0 spiro atoms. The first kappa shape index (κ1) is 19.9. The lowest BCUT2D eigenvalue weighted by atomic mass is 10.2. The standard InChI is InChI=1S/C23H26ClN3O2/c24-20-7-3-6-19(17-20)23(29)26-12-4-11-25(15-16-26)13-10-22(28)27-14-9-18-5-1-2-8-21(18)27/h1-3,5-8,17H,4,9-16H2. The van der Waals surface area contributed by atoms with Gasteiger partial charge in [-0.1, -0.05) is 35.9 Å². The van der Waals surface area contributed by atoms with Crippen LogP contribution in [0.1, 0.15) is 28.8 Å². The fraction of sp³-hybridized carbons (Fsp3) is 0.391. The summed E-state index contributed by atoms with van der Waals surface area (Å²) in [5.74, 6) is 0.213. The van der Waals surface area contributed by atoms with E-state index in [1.165, 1.54) is 5.56 Å². The summed E-state index contributed by atoms with van der Waals surface area (Å²) >= 11 is 6.02. The molecular weight excluding hydrogens is 386 g/mol. The SMILES string of the molecule is O=C(c1cccc(Cl)c1)N1CCCN(CCC(=O)N2CCc3ccccc32)CC1. The highest BCUT2D eigenvalue weighted by atomic mass is 35.5. The number of benzene rings is 2. The van der Waals surface area contributed by atoms with Gasteiger partial charge in [-0.25, -0.2) is 0 Å². The highest BCUT2D eigenvalue weighted by Crippen LogP contribution is 2.28. The Bertz CT molecular complexity index is 901. The number of carbonyl (C=O) groups is 2. The van der Waals surface area contributed by atoms with Crippen LogP contribution in [-0.4, -0.2) is 60.9 Å². The van der Waals surface area contributed by atoms with Crippen LogP contribution in [0.5, 0.6) is 0 Å². The smallest absolute Gasteiger partial charge is 0.253 e. The van der Waals surface area contributed by atoms with E-state index in [1.807, 2.05) is 40.1 Å². The molecule has 152 valence electrons. The van der Waals surface area contributed by atoms with E-state index < -0.39 is 0 Å². The van der Waals surface area contributed by atoms with E-state index in [1.54, 1.807) is 12.1 Å². The molecule has 1 fully saturated rings. The minimum Gasteiger partial charge on any atom is -0.337 e. The van der Waals surface area contributed by atoms with E-state index in [9.17, 15) is 9.59 Å². The Morgan fingerprint density at radius 1 is 0.931 bits per heavy atom. The van der Waals surface area contributed by atoms with Crippen molar-refractivity contribution in [3.63, 3.8) is 0 Å². The van der Waals surface area contributed by atoms with E-state index in [0.29, 0.717) is 23.6 Å². The molecule has 0 saturated carbocycles. The van der Waals surface area contributed by atoms with Crippen molar-refractivity contribution in [1.82, 2.24) is 9.80 Å². The van der Waals surface area contributed by atoms with Gasteiger partial charge in [0.15, 0.2) is 0 Å². The third kappa shape index (κ3) is 4.62. The molecule has 2 aliphatic heterocycles. The third-order valence-corrected chi connectivity index (χ3v) is 6.01. The van der Waals surface area contributed by atoms with Crippen LogP contribution >= 0.6 is 11.6 Å². The van der Waals surface area contributed by atoms with E-state index >= 15 is 0 Å². The lowest BCUT2D eigenvalue weighted by Crippen LogP contribution is -2.37. The van der Waals surface area contributed by atoms with Crippen molar-refractivity contribution in [1.29, 1.82) is 0 Å². The monoisotopic (exact) mass is 411 g/mol. The zero-order valence-electron chi connectivity index (χ0n) is 16.5. The lowest BCUT2D eigenvalue weighted by Gasteiger charge is -2.23. The predicted octanol–water partition coefficient (Wildman–Crippen LogP) is 3.47. The molecular formula is C23H26ClN3O2. The highest BCUT2D eigenvalue weighted by Gasteiger charge is 2.25. The minimum atomic E-state index is 0.0269. The molecule has 0 unspecified atom stereocenters. The second kappa shape index (κ2) is 8.97. The molecule has 0 atom stereocenters. The Morgan fingerprint density at radius 2 is 1.79 bits per heavy atom. The first-order valence-corrected chi connectivity index (χ1v) is 10.6. The Labute approximate surface area is 176 Å². The van der Waals surface area contributed by atoms with Gasteiger partial charge in [0.05, 0.1) is 0 Å². The van der Waals surface area contributed by atoms with Gasteiger partial charge in [-0.2, -0.15) is 0 Å². The number of carbonyl (C=O) groups excluding carboxylic acids is 2. The molecule has 29 heavy (non-hydrogen) atoms. The number of hydrogen-bond donors (Lipinski definition) is 0. The third-order valence-electron chi connectivity index (χ3n) is 5.78. The zero-order chi connectivity index (χ0) is 20.2. The van der Waals surface area contributed by atoms with Crippen molar-refractivity contribution in [2.75, 3.05) is 44.2 Å². The first-order valence-electron chi connectivity index (χ1n) is 10.3. The van der Waals surface area contributed by atoms with Crippen molar-refractivity contribution >= 4 is 29.1 Å². The number of nitrogens with zero attached hydrogens (tertiary/aromatic N) is 3. The van der Waals surface area contributed by atoms with Crippen LogP contribution in [0.2, 0.25) is 5.02 Å². The van der Waals surface area contributed by atoms with Gasteiger partial charge >= 0.3 is 0 Å². The quantitative estimate of drug-likeness (QED) is 0.773. The van der Waals surface area contributed by atoms with E-state index in [2.05, 4.69) is 11.0 Å². The Hall–Kier alpha value is -2.37. The van der Waals surface area contributed by atoms with Crippen molar-refractivity contribution in [2.24, 2.45) is 0 Å². The van der Waals surface area contributed by atoms with Gasteiger partial charge in [0.25, 0.3) is 5.91 Å².